The number of amides is 1. The summed E-state index contributed by atoms with van der Waals surface area (Å²) >= 11 is 0. The van der Waals surface area contributed by atoms with Crippen LogP contribution in [0.25, 0.3) is 33.5 Å². The number of aromatic amines is 1. The van der Waals surface area contributed by atoms with Crippen LogP contribution < -0.4 is 10.1 Å². The molecule has 0 aliphatic heterocycles. The second-order valence-electron chi connectivity index (χ2n) is 9.43. The highest BCUT2D eigenvalue weighted by atomic mass is 16.6. The van der Waals surface area contributed by atoms with Crippen LogP contribution in [0.5, 0.6) is 5.75 Å². The van der Waals surface area contributed by atoms with Crippen molar-refractivity contribution in [3.8, 4) is 17.3 Å². The SMILES string of the molecule is COC(=O)c1cc(OC)c2c(c1)nc(-c1cc3ccc([C@@H](C)NC(=O)OC(C)(C)C)cc3[nH]1)n2C. The predicted octanol–water partition coefficient (Wildman–Crippen LogP) is 5.10. The molecule has 0 aliphatic rings. The van der Waals surface area contributed by atoms with Crippen LogP contribution in [0.3, 0.4) is 0 Å². The Kier molecular flexibility index (Phi) is 6.19. The molecular formula is C26H30N4O5. The molecule has 0 bridgehead atoms. The Labute approximate surface area is 203 Å². The van der Waals surface area contributed by atoms with E-state index in [9.17, 15) is 9.59 Å². The molecule has 4 aromatic rings. The number of hydrogen-bond acceptors (Lipinski definition) is 6. The Morgan fingerprint density at radius 2 is 1.86 bits per heavy atom. The lowest BCUT2D eigenvalue weighted by molar-refractivity contribution is 0.0507. The van der Waals surface area contributed by atoms with Gasteiger partial charge in [0.1, 0.15) is 16.9 Å². The number of alkyl carbamates (subject to hydrolysis) is 1. The Morgan fingerprint density at radius 1 is 1.11 bits per heavy atom. The number of methoxy groups -OCH3 is 2. The number of aryl methyl sites for hydroxylation is 1. The zero-order valence-electron chi connectivity index (χ0n) is 21.0. The fraction of sp³-hybridized carbons (Fsp3) is 0.346. The van der Waals surface area contributed by atoms with Crippen LogP contribution in [0.15, 0.2) is 36.4 Å². The smallest absolute Gasteiger partial charge is 0.408 e. The van der Waals surface area contributed by atoms with Crippen LogP contribution >= 0.6 is 0 Å². The molecule has 184 valence electrons. The van der Waals surface area contributed by atoms with Crippen molar-refractivity contribution in [1.82, 2.24) is 19.9 Å². The minimum absolute atomic E-state index is 0.238. The van der Waals surface area contributed by atoms with E-state index in [0.717, 1.165) is 27.7 Å². The maximum absolute atomic E-state index is 12.2. The molecule has 0 saturated carbocycles. The number of ether oxygens (including phenoxy) is 3. The van der Waals surface area contributed by atoms with Crippen molar-refractivity contribution in [2.45, 2.75) is 39.3 Å². The minimum Gasteiger partial charge on any atom is -0.494 e. The zero-order valence-corrected chi connectivity index (χ0v) is 21.0. The highest BCUT2D eigenvalue weighted by Crippen LogP contribution is 2.33. The van der Waals surface area contributed by atoms with Gasteiger partial charge in [0.05, 0.1) is 37.0 Å². The number of carbonyl (C=O) groups excluding carboxylic acids is 2. The molecule has 0 fully saturated rings. The van der Waals surface area contributed by atoms with Gasteiger partial charge in [-0.15, -0.1) is 0 Å². The number of aromatic nitrogens is 3. The number of rotatable bonds is 5. The van der Waals surface area contributed by atoms with Gasteiger partial charge in [-0.2, -0.15) is 0 Å². The van der Waals surface area contributed by atoms with E-state index < -0.39 is 17.7 Å². The molecule has 2 aromatic heterocycles. The van der Waals surface area contributed by atoms with Gasteiger partial charge >= 0.3 is 12.1 Å². The van der Waals surface area contributed by atoms with Crippen molar-refractivity contribution in [2.75, 3.05) is 14.2 Å². The molecule has 2 heterocycles. The summed E-state index contributed by atoms with van der Waals surface area (Å²) in [6, 6.07) is 11.1. The molecule has 2 N–H and O–H groups in total. The van der Waals surface area contributed by atoms with Gasteiger partial charge in [-0.3, -0.25) is 0 Å². The summed E-state index contributed by atoms with van der Waals surface area (Å²) < 4.78 is 17.7. The Hall–Kier alpha value is -4.01. The van der Waals surface area contributed by atoms with Gasteiger partial charge in [0.15, 0.2) is 5.82 Å². The number of imidazole rings is 1. The van der Waals surface area contributed by atoms with Gasteiger partial charge < -0.3 is 29.1 Å². The molecule has 35 heavy (non-hydrogen) atoms. The van der Waals surface area contributed by atoms with E-state index in [4.69, 9.17) is 19.2 Å². The third-order valence-corrected chi connectivity index (χ3v) is 5.70. The molecule has 0 unspecified atom stereocenters. The lowest BCUT2D eigenvalue weighted by Crippen LogP contribution is -2.34. The molecule has 1 amide bonds. The normalized spacial score (nSPS) is 12.5. The summed E-state index contributed by atoms with van der Waals surface area (Å²) in [7, 11) is 4.79. The van der Waals surface area contributed by atoms with Crippen molar-refractivity contribution < 1.29 is 23.8 Å². The van der Waals surface area contributed by atoms with Gasteiger partial charge in [0, 0.05) is 18.0 Å². The first kappa shape index (κ1) is 24.1. The first-order chi connectivity index (χ1) is 16.5. The first-order valence-electron chi connectivity index (χ1n) is 11.3. The van der Waals surface area contributed by atoms with E-state index in [2.05, 4.69) is 10.3 Å². The summed E-state index contributed by atoms with van der Waals surface area (Å²) in [5.74, 6) is 0.771. The van der Waals surface area contributed by atoms with Crippen LogP contribution in [0.1, 0.15) is 49.7 Å². The molecule has 0 spiro atoms. The summed E-state index contributed by atoms with van der Waals surface area (Å²) in [4.78, 5) is 32.4. The van der Waals surface area contributed by atoms with Gasteiger partial charge in [-0.05, 0) is 57.5 Å². The molecule has 0 radical (unpaired) electrons. The number of nitrogens with one attached hydrogen (secondary N) is 2. The molecule has 9 heteroatoms. The third-order valence-electron chi connectivity index (χ3n) is 5.70. The number of nitrogens with zero attached hydrogens (tertiary/aromatic N) is 2. The molecule has 4 rings (SSSR count). The van der Waals surface area contributed by atoms with Gasteiger partial charge in [-0.25, -0.2) is 14.6 Å². The maximum Gasteiger partial charge on any atom is 0.408 e. The fourth-order valence-electron chi connectivity index (χ4n) is 4.04. The number of hydrogen-bond donors (Lipinski definition) is 2. The van der Waals surface area contributed by atoms with Crippen LogP contribution in [0, 0.1) is 0 Å². The van der Waals surface area contributed by atoms with Crippen LogP contribution in [0.2, 0.25) is 0 Å². The number of fused-ring (bicyclic) bond motifs is 2. The van der Waals surface area contributed by atoms with E-state index in [1.807, 2.05) is 63.6 Å². The fourth-order valence-corrected chi connectivity index (χ4v) is 4.04. The average molecular weight is 479 g/mol. The molecule has 2 aromatic carbocycles. The van der Waals surface area contributed by atoms with Crippen molar-refractivity contribution in [3.05, 3.63) is 47.5 Å². The number of H-pyrrole nitrogens is 1. The Balaban J connectivity index is 1.69. The highest BCUT2D eigenvalue weighted by Gasteiger charge is 2.21. The first-order valence-corrected chi connectivity index (χ1v) is 11.3. The second kappa shape index (κ2) is 8.98. The van der Waals surface area contributed by atoms with E-state index >= 15 is 0 Å². The van der Waals surface area contributed by atoms with E-state index in [1.54, 1.807) is 19.2 Å². The largest absolute Gasteiger partial charge is 0.494 e. The molecule has 0 aliphatic carbocycles. The van der Waals surface area contributed by atoms with E-state index in [1.165, 1.54) is 7.11 Å². The Morgan fingerprint density at radius 3 is 2.51 bits per heavy atom. The monoisotopic (exact) mass is 478 g/mol. The van der Waals surface area contributed by atoms with Crippen molar-refractivity contribution in [3.63, 3.8) is 0 Å². The van der Waals surface area contributed by atoms with Crippen molar-refractivity contribution in [1.29, 1.82) is 0 Å². The van der Waals surface area contributed by atoms with Crippen LogP contribution in [0.4, 0.5) is 4.79 Å². The van der Waals surface area contributed by atoms with Crippen LogP contribution in [-0.2, 0) is 16.5 Å². The maximum atomic E-state index is 12.2. The summed E-state index contributed by atoms with van der Waals surface area (Å²) in [5, 5.41) is 3.87. The van der Waals surface area contributed by atoms with E-state index in [0.29, 0.717) is 22.7 Å². The third kappa shape index (κ3) is 4.80. The summed E-state index contributed by atoms with van der Waals surface area (Å²) in [6.45, 7) is 7.40. The number of esters is 1. The van der Waals surface area contributed by atoms with Gasteiger partial charge in [0.2, 0.25) is 0 Å². The number of benzene rings is 2. The second-order valence-corrected chi connectivity index (χ2v) is 9.43. The lowest BCUT2D eigenvalue weighted by atomic mass is 10.1. The highest BCUT2D eigenvalue weighted by molar-refractivity contribution is 5.97. The molecule has 1 atom stereocenters. The molecule has 9 nitrogen and oxygen atoms in total. The van der Waals surface area contributed by atoms with Gasteiger partial charge in [0.25, 0.3) is 0 Å². The quantitative estimate of drug-likeness (QED) is 0.386. The number of carbonyl (C=O) groups is 2. The predicted molar refractivity (Wildman–Crippen MR) is 134 cm³/mol. The molecular weight excluding hydrogens is 448 g/mol. The molecule has 0 saturated heterocycles. The standard InChI is InChI=1S/C26H30N4O5/c1-14(27-25(32)35-26(2,3)4)15-8-9-16-11-20(28-18(16)10-15)23-29-19-12-17(24(31)34-7)13-21(33-6)22(19)30(23)5/h8-14,28H,1-7H3,(H,27,32)/t14-/m1/s1. The summed E-state index contributed by atoms with van der Waals surface area (Å²) in [6.07, 6.45) is -0.461. The average Bonchev–Trinajstić information content (AvgIpc) is 3.36. The Bertz CT molecular complexity index is 1430. The van der Waals surface area contributed by atoms with Crippen molar-refractivity contribution in [2.24, 2.45) is 7.05 Å². The van der Waals surface area contributed by atoms with Crippen molar-refractivity contribution >= 4 is 34.0 Å². The topological polar surface area (TPSA) is 107 Å². The lowest BCUT2D eigenvalue weighted by Gasteiger charge is -2.22. The minimum atomic E-state index is -0.561. The zero-order chi connectivity index (χ0) is 25.5. The van der Waals surface area contributed by atoms with E-state index in [-0.39, 0.29) is 6.04 Å². The van der Waals surface area contributed by atoms with Crippen LogP contribution in [-0.4, -0.2) is 46.4 Å². The van der Waals surface area contributed by atoms with Gasteiger partial charge in [-0.1, -0.05) is 12.1 Å². The summed E-state index contributed by atoms with van der Waals surface area (Å²) in [5.41, 5.74) is 3.85.